The van der Waals surface area contributed by atoms with Crippen LogP contribution >= 0.6 is 11.6 Å². The van der Waals surface area contributed by atoms with Crippen molar-refractivity contribution in [3.05, 3.63) is 58.4 Å². The number of hydrogen-bond acceptors (Lipinski definition) is 5. The molecule has 1 aliphatic carbocycles. The lowest BCUT2D eigenvalue weighted by molar-refractivity contribution is 0.0698. The van der Waals surface area contributed by atoms with Crippen LogP contribution in [0.1, 0.15) is 53.2 Å². The summed E-state index contributed by atoms with van der Waals surface area (Å²) in [5, 5.41) is 3.50. The highest BCUT2D eigenvalue weighted by atomic mass is 35.5. The highest BCUT2D eigenvalue weighted by molar-refractivity contribution is 7.94. The Labute approximate surface area is 199 Å². The first-order chi connectivity index (χ1) is 15.5. The maximum atomic E-state index is 13.2. The average Bonchev–Trinajstić information content (AvgIpc) is 3.45. The molecule has 2 aliphatic rings. The van der Waals surface area contributed by atoms with E-state index in [2.05, 4.69) is 5.32 Å². The first-order valence-electron chi connectivity index (χ1n) is 11.0. The summed E-state index contributed by atoms with van der Waals surface area (Å²) in [5.41, 5.74) is 7.45. The van der Waals surface area contributed by atoms with Gasteiger partial charge in [-0.15, -0.1) is 0 Å². The molecule has 0 saturated heterocycles. The number of hydrogen-bond donors (Lipinski definition) is 2. The standard InChI is InChI=1S/C23H29ClN4O4S/c1-22(2,14-25)33(31,32)23(9-10-23)15-27-11-12-28-18(7-8-19(28)21(27)30)20(29)26-13-16-3-5-17(24)6-4-16/h3-8H,9-15,25H2,1-2H3,(H,26,29). The zero-order valence-corrected chi connectivity index (χ0v) is 20.4. The van der Waals surface area contributed by atoms with Gasteiger partial charge in [-0.05, 0) is 56.5 Å². The van der Waals surface area contributed by atoms with Crippen molar-refractivity contribution in [2.45, 2.75) is 49.3 Å². The van der Waals surface area contributed by atoms with E-state index in [1.165, 1.54) is 0 Å². The molecule has 1 aliphatic heterocycles. The number of rotatable bonds is 8. The maximum absolute atomic E-state index is 13.2. The summed E-state index contributed by atoms with van der Waals surface area (Å²) in [5.74, 6) is -0.534. The molecule has 2 amide bonds. The third-order valence-corrected chi connectivity index (χ3v) is 10.3. The van der Waals surface area contributed by atoms with Gasteiger partial charge in [0.05, 0.1) is 9.49 Å². The molecule has 1 saturated carbocycles. The van der Waals surface area contributed by atoms with Crippen molar-refractivity contribution in [2.75, 3.05) is 19.6 Å². The maximum Gasteiger partial charge on any atom is 0.270 e. The third-order valence-electron chi connectivity index (χ3n) is 6.76. The lowest BCUT2D eigenvalue weighted by Crippen LogP contribution is -2.53. The molecule has 4 rings (SSSR count). The molecule has 2 heterocycles. The molecule has 0 bridgehead atoms. The predicted molar refractivity (Wildman–Crippen MR) is 127 cm³/mol. The fourth-order valence-electron chi connectivity index (χ4n) is 4.30. The number of carbonyl (C=O) groups is 2. The Bertz CT molecular complexity index is 1180. The summed E-state index contributed by atoms with van der Waals surface area (Å²) in [4.78, 5) is 27.5. The minimum absolute atomic E-state index is 0.0301. The van der Waals surface area contributed by atoms with E-state index in [1.807, 2.05) is 12.1 Å². The molecule has 0 unspecified atom stereocenters. The number of nitrogens with zero attached hydrogens (tertiary/aromatic N) is 2. The number of aromatic nitrogens is 1. The molecule has 33 heavy (non-hydrogen) atoms. The number of carbonyl (C=O) groups excluding carboxylic acids is 2. The molecule has 1 aromatic heterocycles. The quantitative estimate of drug-likeness (QED) is 0.586. The molecule has 3 N–H and O–H groups in total. The van der Waals surface area contributed by atoms with Crippen LogP contribution in [-0.4, -0.2) is 58.8 Å². The predicted octanol–water partition coefficient (Wildman–Crippen LogP) is 2.21. The van der Waals surface area contributed by atoms with Gasteiger partial charge in [-0.25, -0.2) is 8.42 Å². The summed E-state index contributed by atoms with van der Waals surface area (Å²) < 4.78 is 26.1. The Kier molecular flexibility index (Phi) is 6.09. The van der Waals surface area contributed by atoms with Crippen molar-refractivity contribution in [1.82, 2.24) is 14.8 Å². The highest BCUT2D eigenvalue weighted by Crippen LogP contribution is 2.49. The van der Waals surface area contributed by atoms with Crippen molar-refractivity contribution >= 4 is 33.3 Å². The van der Waals surface area contributed by atoms with E-state index >= 15 is 0 Å². The van der Waals surface area contributed by atoms with Crippen LogP contribution in [0.25, 0.3) is 0 Å². The van der Waals surface area contributed by atoms with Gasteiger partial charge < -0.3 is 20.5 Å². The number of sulfone groups is 1. The Morgan fingerprint density at radius 3 is 2.42 bits per heavy atom. The van der Waals surface area contributed by atoms with Crippen molar-refractivity contribution in [3.63, 3.8) is 0 Å². The number of nitrogens with two attached hydrogens (primary N) is 1. The lowest BCUT2D eigenvalue weighted by atomic mass is 10.2. The molecule has 0 radical (unpaired) electrons. The molecule has 0 atom stereocenters. The normalized spacial score (nSPS) is 17.6. The molecule has 1 aromatic carbocycles. The second-order valence-electron chi connectivity index (χ2n) is 9.44. The van der Waals surface area contributed by atoms with Gasteiger partial charge >= 0.3 is 0 Å². The van der Waals surface area contributed by atoms with Gasteiger partial charge in [-0.3, -0.25) is 9.59 Å². The van der Waals surface area contributed by atoms with E-state index in [0.717, 1.165) is 5.56 Å². The van der Waals surface area contributed by atoms with Crippen LogP contribution in [0, 0.1) is 0 Å². The molecular weight excluding hydrogens is 464 g/mol. The largest absolute Gasteiger partial charge is 0.347 e. The lowest BCUT2D eigenvalue weighted by Gasteiger charge is -2.35. The smallest absolute Gasteiger partial charge is 0.270 e. The van der Waals surface area contributed by atoms with Crippen LogP contribution in [0.2, 0.25) is 5.02 Å². The zero-order chi connectivity index (χ0) is 24.0. The van der Waals surface area contributed by atoms with Crippen LogP contribution < -0.4 is 11.1 Å². The van der Waals surface area contributed by atoms with Crippen LogP contribution in [0.4, 0.5) is 0 Å². The van der Waals surface area contributed by atoms with Crippen molar-refractivity contribution in [1.29, 1.82) is 0 Å². The van der Waals surface area contributed by atoms with Gasteiger partial charge in [0.15, 0.2) is 9.84 Å². The van der Waals surface area contributed by atoms with E-state index in [1.54, 1.807) is 47.6 Å². The minimum atomic E-state index is -3.52. The minimum Gasteiger partial charge on any atom is -0.347 e. The van der Waals surface area contributed by atoms with Crippen LogP contribution in [0.3, 0.4) is 0 Å². The monoisotopic (exact) mass is 492 g/mol. The summed E-state index contributed by atoms with van der Waals surface area (Å²) in [6, 6.07) is 10.5. The van der Waals surface area contributed by atoms with E-state index in [0.29, 0.717) is 48.9 Å². The van der Waals surface area contributed by atoms with Crippen molar-refractivity contribution < 1.29 is 18.0 Å². The molecular formula is C23H29ClN4O4S. The van der Waals surface area contributed by atoms with E-state index < -0.39 is 19.3 Å². The Morgan fingerprint density at radius 1 is 1.15 bits per heavy atom. The fourth-order valence-corrected chi connectivity index (χ4v) is 6.78. The number of benzene rings is 1. The van der Waals surface area contributed by atoms with Gasteiger partial charge in [-0.2, -0.15) is 0 Å². The number of amides is 2. The number of nitrogens with one attached hydrogen (secondary N) is 1. The summed E-state index contributed by atoms with van der Waals surface area (Å²) in [7, 11) is -3.52. The Hall–Kier alpha value is -2.36. The van der Waals surface area contributed by atoms with Gasteiger partial charge in [-0.1, -0.05) is 23.7 Å². The van der Waals surface area contributed by atoms with Crippen LogP contribution in [-0.2, 0) is 22.9 Å². The zero-order valence-electron chi connectivity index (χ0n) is 18.8. The summed E-state index contributed by atoms with van der Waals surface area (Å²) in [6.45, 7) is 4.57. The molecule has 10 heteroatoms. The number of halogens is 1. The highest BCUT2D eigenvalue weighted by Gasteiger charge is 2.60. The van der Waals surface area contributed by atoms with Gasteiger partial charge in [0.25, 0.3) is 11.8 Å². The second kappa shape index (κ2) is 8.45. The first-order valence-corrected chi connectivity index (χ1v) is 12.8. The molecule has 1 fully saturated rings. The Balaban J connectivity index is 1.46. The van der Waals surface area contributed by atoms with Gasteiger partial charge in [0.2, 0.25) is 0 Å². The average molecular weight is 493 g/mol. The van der Waals surface area contributed by atoms with E-state index in [-0.39, 0.29) is 24.9 Å². The van der Waals surface area contributed by atoms with E-state index in [4.69, 9.17) is 17.3 Å². The second-order valence-corrected chi connectivity index (χ2v) is 12.9. The molecule has 2 aromatic rings. The van der Waals surface area contributed by atoms with Crippen LogP contribution in [0.15, 0.2) is 36.4 Å². The fraction of sp³-hybridized carbons (Fsp3) is 0.478. The molecule has 0 spiro atoms. The first kappa shape index (κ1) is 23.8. The topological polar surface area (TPSA) is 114 Å². The van der Waals surface area contributed by atoms with E-state index in [9.17, 15) is 18.0 Å². The summed E-state index contributed by atoms with van der Waals surface area (Å²) >= 11 is 5.89. The van der Waals surface area contributed by atoms with Crippen molar-refractivity contribution in [3.8, 4) is 0 Å². The summed E-state index contributed by atoms with van der Waals surface area (Å²) in [6.07, 6.45) is 1.06. The van der Waals surface area contributed by atoms with Gasteiger partial charge in [0, 0.05) is 37.7 Å². The Morgan fingerprint density at radius 2 is 1.82 bits per heavy atom. The molecule has 178 valence electrons. The van der Waals surface area contributed by atoms with Gasteiger partial charge in [0.1, 0.15) is 11.4 Å². The molecule has 8 nitrogen and oxygen atoms in total. The van der Waals surface area contributed by atoms with Crippen molar-refractivity contribution in [2.24, 2.45) is 5.73 Å². The number of fused-ring (bicyclic) bond motifs is 1. The SMILES string of the molecule is CC(C)(CN)S(=O)(=O)C1(CN2CCn3c(C(=O)NCc4ccc(Cl)cc4)ccc3C2=O)CC1. The van der Waals surface area contributed by atoms with Crippen LogP contribution in [0.5, 0.6) is 0 Å². The third kappa shape index (κ3) is 4.18.